The van der Waals surface area contributed by atoms with Crippen molar-refractivity contribution in [1.82, 2.24) is 10.3 Å². The first-order chi connectivity index (χ1) is 9.20. The van der Waals surface area contributed by atoms with Crippen molar-refractivity contribution < 1.29 is 9.90 Å². The molecule has 0 fully saturated rings. The molecule has 0 aliphatic heterocycles. The van der Waals surface area contributed by atoms with Crippen molar-refractivity contribution in [2.75, 3.05) is 13.6 Å². The van der Waals surface area contributed by atoms with Crippen molar-refractivity contribution in [1.29, 1.82) is 0 Å². The Kier molecular flexibility index (Phi) is 4.58. The summed E-state index contributed by atoms with van der Waals surface area (Å²) in [6.45, 7) is 0.848. The Morgan fingerprint density at radius 1 is 1.42 bits per heavy atom. The van der Waals surface area contributed by atoms with Gasteiger partial charge in [-0.2, -0.15) is 0 Å². The number of aromatic amines is 1. The Morgan fingerprint density at radius 3 is 2.95 bits per heavy atom. The third kappa shape index (κ3) is 3.58. The minimum absolute atomic E-state index is 0.171. The van der Waals surface area contributed by atoms with Crippen LogP contribution in [0.4, 0.5) is 0 Å². The maximum Gasteiger partial charge on any atom is 0.303 e. The van der Waals surface area contributed by atoms with Crippen molar-refractivity contribution in [3.63, 3.8) is 0 Å². The molecule has 1 aromatic heterocycles. The fraction of sp³-hybridized carbons (Fsp3) is 0.400. The van der Waals surface area contributed by atoms with Gasteiger partial charge >= 0.3 is 5.97 Å². The molecule has 0 aliphatic carbocycles. The number of para-hydroxylation sites is 1. The molecule has 1 aromatic carbocycles. The van der Waals surface area contributed by atoms with Crippen molar-refractivity contribution in [2.24, 2.45) is 5.92 Å². The van der Waals surface area contributed by atoms with Crippen LogP contribution in [-0.4, -0.2) is 29.7 Å². The van der Waals surface area contributed by atoms with Crippen LogP contribution < -0.4 is 5.32 Å². The summed E-state index contributed by atoms with van der Waals surface area (Å²) in [6.07, 6.45) is 3.90. The summed E-state index contributed by atoms with van der Waals surface area (Å²) in [5.74, 6) is -0.551. The van der Waals surface area contributed by atoms with Gasteiger partial charge in [0.15, 0.2) is 0 Å². The van der Waals surface area contributed by atoms with E-state index >= 15 is 0 Å². The fourth-order valence-corrected chi connectivity index (χ4v) is 2.48. The third-order valence-corrected chi connectivity index (χ3v) is 3.45. The van der Waals surface area contributed by atoms with Crippen LogP contribution >= 0.6 is 0 Å². The third-order valence-electron chi connectivity index (χ3n) is 3.45. The second kappa shape index (κ2) is 6.38. The smallest absolute Gasteiger partial charge is 0.303 e. The van der Waals surface area contributed by atoms with Gasteiger partial charge in [-0.25, -0.2) is 0 Å². The highest BCUT2D eigenvalue weighted by molar-refractivity contribution is 5.83. The Bertz CT molecular complexity index is 548. The van der Waals surface area contributed by atoms with E-state index < -0.39 is 5.97 Å². The van der Waals surface area contributed by atoms with E-state index in [0.29, 0.717) is 0 Å². The van der Waals surface area contributed by atoms with Crippen molar-refractivity contribution in [3.8, 4) is 0 Å². The zero-order valence-electron chi connectivity index (χ0n) is 11.1. The van der Waals surface area contributed by atoms with E-state index in [9.17, 15) is 4.79 Å². The maximum absolute atomic E-state index is 10.9. The van der Waals surface area contributed by atoms with Crippen molar-refractivity contribution in [3.05, 3.63) is 36.0 Å². The molecular formula is C15H20N2O2. The molecule has 0 spiro atoms. The number of benzene rings is 1. The molecule has 0 saturated heterocycles. The Labute approximate surface area is 112 Å². The molecule has 1 heterocycles. The number of fused-ring (bicyclic) bond motifs is 1. The molecule has 1 unspecified atom stereocenters. The number of carboxylic acids is 1. The fourth-order valence-electron chi connectivity index (χ4n) is 2.48. The largest absolute Gasteiger partial charge is 0.481 e. The first-order valence-corrected chi connectivity index (χ1v) is 6.62. The number of hydrogen-bond donors (Lipinski definition) is 3. The number of aliphatic carboxylic acids is 1. The highest BCUT2D eigenvalue weighted by atomic mass is 16.4. The zero-order valence-corrected chi connectivity index (χ0v) is 11.1. The number of nitrogens with one attached hydrogen (secondary N) is 2. The number of carbonyl (C=O) groups is 1. The Morgan fingerprint density at radius 2 is 2.21 bits per heavy atom. The van der Waals surface area contributed by atoms with E-state index in [1.54, 1.807) is 0 Å². The molecule has 0 saturated carbocycles. The monoisotopic (exact) mass is 260 g/mol. The molecule has 3 N–H and O–H groups in total. The van der Waals surface area contributed by atoms with Gasteiger partial charge in [-0.05, 0) is 44.0 Å². The van der Waals surface area contributed by atoms with Gasteiger partial charge in [0, 0.05) is 23.5 Å². The van der Waals surface area contributed by atoms with E-state index in [2.05, 4.69) is 16.4 Å². The molecule has 4 heteroatoms. The standard InChI is InChI=1S/C15H20N2O2/c1-16-7-6-11(9-15(18)19)8-12-10-17-14-5-3-2-4-13(12)14/h2-5,10-11,16-17H,6-9H2,1H3,(H,18,19). The van der Waals surface area contributed by atoms with Gasteiger partial charge in [-0.3, -0.25) is 4.79 Å². The van der Waals surface area contributed by atoms with Gasteiger partial charge in [-0.15, -0.1) is 0 Å². The van der Waals surface area contributed by atoms with Crippen LogP contribution in [-0.2, 0) is 11.2 Å². The number of rotatable bonds is 7. The summed E-state index contributed by atoms with van der Waals surface area (Å²) >= 11 is 0. The van der Waals surface area contributed by atoms with Crippen LogP contribution in [0.3, 0.4) is 0 Å². The Balaban J connectivity index is 2.13. The average molecular weight is 260 g/mol. The second-order valence-electron chi connectivity index (χ2n) is 4.92. The van der Waals surface area contributed by atoms with Gasteiger partial charge in [0.05, 0.1) is 0 Å². The van der Waals surface area contributed by atoms with Crippen LogP contribution in [0.5, 0.6) is 0 Å². The first kappa shape index (κ1) is 13.6. The quantitative estimate of drug-likeness (QED) is 0.716. The number of H-pyrrole nitrogens is 1. The molecule has 19 heavy (non-hydrogen) atoms. The molecule has 2 rings (SSSR count). The maximum atomic E-state index is 10.9. The summed E-state index contributed by atoms with van der Waals surface area (Å²) in [5.41, 5.74) is 2.32. The summed E-state index contributed by atoms with van der Waals surface area (Å²) in [6, 6.07) is 8.13. The summed E-state index contributed by atoms with van der Waals surface area (Å²) in [7, 11) is 1.89. The first-order valence-electron chi connectivity index (χ1n) is 6.62. The van der Waals surface area contributed by atoms with Gasteiger partial charge in [-0.1, -0.05) is 18.2 Å². The van der Waals surface area contributed by atoms with E-state index in [1.165, 1.54) is 10.9 Å². The van der Waals surface area contributed by atoms with Crippen LogP contribution in [0.2, 0.25) is 0 Å². The van der Waals surface area contributed by atoms with Gasteiger partial charge in [0.25, 0.3) is 0 Å². The minimum Gasteiger partial charge on any atom is -0.481 e. The lowest BCUT2D eigenvalue weighted by atomic mass is 9.93. The predicted octanol–water partition coefficient (Wildman–Crippen LogP) is 2.41. The lowest BCUT2D eigenvalue weighted by molar-refractivity contribution is -0.138. The van der Waals surface area contributed by atoms with Crippen LogP contribution in [0.1, 0.15) is 18.4 Å². The van der Waals surface area contributed by atoms with Crippen molar-refractivity contribution >= 4 is 16.9 Å². The molecule has 0 aliphatic rings. The van der Waals surface area contributed by atoms with E-state index in [4.69, 9.17) is 5.11 Å². The molecular weight excluding hydrogens is 240 g/mol. The average Bonchev–Trinajstić information content (AvgIpc) is 2.79. The molecule has 0 radical (unpaired) electrons. The molecule has 4 nitrogen and oxygen atoms in total. The van der Waals surface area contributed by atoms with Gasteiger partial charge < -0.3 is 15.4 Å². The van der Waals surface area contributed by atoms with E-state index in [0.717, 1.165) is 24.9 Å². The topological polar surface area (TPSA) is 65.1 Å². The predicted molar refractivity (Wildman–Crippen MR) is 76.3 cm³/mol. The summed E-state index contributed by atoms with van der Waals surface area (Å²) < 4.78 is 0. The summed E-state index contributed by atoms with van der Waals surface area (Å²) in [4.78, 5) is 14.2. The molecule has 102 valence electrons. The highest BCUT2D eigenvalue weighted by Crippen LogP contribution is 2.23. The molecule has 1 atom stereocenters. The van der Waals surface area contributed by atoms with Crippen LogP contribution in [0.25, 0.3) is 10.9 Å². The Hall–Kier alpha value is -1.81. The number of aromatic nitrogens is 1. The highest BCUT2D eigenvalue weighted by Gasteiger charge is 2.15. The van der Waals surface area contributed by atoms with Crippen molar-refractivity contribution in [2.45, 2.75) is 19.3 Å². The molecule has 0 amide bonds. The zero-order chi connectivity index (χ0) is 13.7. The van der Waals surface area contributed by atoms with Gasteiger partial charge in [0.2, 0.25) is 0 Å². The van der Waals surface area contributed by atoms with E-state index in [-0.39, 0.29) is 12.3 Å². The second-order valence-corrected chi connectivity index (χ2v) is 4.92. The number of carboxylic acid groups (broad SMARTS) is 1. The summed E-state index contributed by atoms with van der Waals surface area (Å²) in [5, 5.41) is 13.3. The minimum atomic E-state index is -0.721. The molecule has 0 bridgehead atoms. The number of hydrogen-bond acceptors (Lipinski definition) is 2. The lowest BCUT2D eigenvalue weighted by Crippen LogP contribution is -2.17. The molecule has 2 aromatic rings. The lowest BCUT2D eigenvalue weighted by Gasteiger charge is -2.14. The van der Waals surface area contributed by atoms with Gasteiger partial charge in [0.1, 0.15) is 0 Å². The van der Waals surface area contributed by atoms with Crippen LogP contribution in [0.15, 0.2) is 30.5 Å². The van der Waals surface area contributed by atoms with Crippen LogP contribution in [0, 0.1) is 5.92 Å². The normalized spacial score (nSPS) is 12.7. The SMILES string of the molecule is CNCCC(CC(=O)O)Cc1c[nH]c2ccccc12. The van der Waals surface area contributed by atoms with E-state index in [1.807, 2.05) is 31.4 Å².